The molecule has 0 amide bonds. The van der Waals surface area contributed by atoms with E-state index in [0.29, 0.717) is 16.7 Å². The number of halogens is 2. The molecule has 4 aromatic rings. The molecule has 2 aromatic heterocycles. The average Bonchev–Trinajstić information content (AvgIpc) is 3.27. The topological polar surface area (TPSA) is 77.1 Å². The number of aromatic nitrogens is 4. The molecular weight excluding hydrogens is 460 g/mol. The fraction of sp³-hybridized carbons (Fsp3) is 0.250. The van der Waals surface area contributed by atoms with Crippen molar-refractivity contribution in [1.29, 1.82) is 0 Å². The lowest BCUT2D eigenvalue weighted by Gasteiger charge is -2.08. The van der Waals surface area contributed by atoms with Gasteiger partial charge in [-0.25, -0.2) is 13.5 Å². The predicted molar refractivity (Wildman–Crippen MR) is 127 cm³/mol. The first-order valence-corrected chi connectivity index (χ1v) is 11.6. The van der Waals surface area contributed by atoms with Gasteiger partial charge < -0.3 is 9.42 Å². The van der Waals surface area contributed by atoms with Gasteiger partial charge >= 0.3 is 0 Å². The van der Waals surface area contributed by atoms with Gasteiger partial charge in [0, 0.05) is 29.0 Å². The molecule has 7 nitrogen and oxygen atoms in total. The monoisotopic (exact) mass is 483 g/mol. The van der Waals surface area contributed by atoms with Crippen LogP contribution in [0.2, 0.25) is 0 Å². The average molecular weight is 484 g/mol. The van der Waals surface area contributed by atoms with Crippen LogP contribution in [-0.2, 0) is 6.54 Å². The first-order valence-electron chi connectivity index (χ1n) is 10.6. The lowest BCUT2D eigenvalue weighted by atomic mass is 10.1. The van der Waals surface area contributed by atoms with E-state index in [1.165, 1.54) is 40.7 Å². The van der Waals surface area contributed by atoms with Crippen molar-refractivity contribution in [3.05, 3.63) is 82.1 Å². The smallest absolute Gasteiger partial charge is 0.286 e. The van der Waals surface area contributed by atoms with Gasteiger partial charge in [-0.2, -0.15) is 10.1 Å². The van der Waals surface area contributed by atoms with Gasteiger partial charge in [0.15, 0.2) is 0 Å². The number of hydrogen-bond acceptors (Lipinski definition) is 7. The Balaban J connectivity index is 1.50. The van der Waals surface area contributed by atoms with Crippen molar-refractivity contribution in [2.24, 2.45) is 0 Å². The number of nitrogens with zero attached hydrogens (tertiary/aromatic N) is 5. The standard InChI is InChI=1S/C24H23F2N5O2S/c1-30(2)9-4-10-34-24-27-23(29-33-24)17-6-3-5-16(11-17)15-31-22(32)8-7-21(28-31)18-12-19(25)14-20(26)13-18/h3,5-8,11-14H,4,9-10,15H2,1-2H3. The van der Waals surface area contributed by atoms with Gasteiger partial charge in [0.1, 0.15) is 11.6 Å². The zero-order valence-electron chi connectivity index (χ0n) is 18.7. The number of hydrogen-bond donors (Lipinski definition) is 0. The van der Waals surface area contributed by atoms with Crippen LogP contribution >= 0.6 is 11.8 Å². The van der Waals surface area contributed by atoms with Crippen molar-refractivity contribution < 1.29 is 13.3 Å². The van der Waals surface area contributed by atoms with Gasteiger partial charge in [0.25, 0.3) is 10.8 Å². The maximum absolute atomic E-state index is 13.6. The Morgan fingerprint density at radius 2 is 1.82 bits per heavy atom. The van der Waals surface area contributed by atoms with E-state index in [2.05, 4.69) is 20.1 Å². The molecule has 34 heavy (non-hydrogen) atoms. The minimum Gasteiger partial charge on any atom is -0.327 e. The third kappa shape index (κ3) is 6.15. The number of benzene rings is 2. The molecule has 4 rings (SSSR count). The second-order valence-corrected chi connectivity index (χ2v) is 9.01. The first-order chi connectivity index (χ1) is 16.4. The molecule has 0 saturated carbocycles. The van der Waals surface area contributed by atoms with E-state index < -0.39 is 11.6 Å². The van der Waals surface area contributed by atoms with Gasteiger partial charge in [-0.3, -0.25) is 4.79 Å². The summed E-state index contributed by atoms with van der Waals surface area (Å²) in [5.41, 5.74) is 1.75. The molecule has 0 fully saturated rings. The van der Waals surface area contributed by atoms with Crippen LogP contribution in [0, 0.1) is 11.6 Å². The van der Waals surface area contributed by atoms with Crippen LogP contribution in [-0.4, -0.2) is 51.2 Å². The summed E-state index contributed by atoms with van der Waals surface area (Å²) < 4.78 is 33.8. The fourth-order valence-corrected chi connectivity index (χ4v) is 4.01. The van der Waals surface area contributed by atoms with E-state index in [-0.39, 0.29) is 17.7 Å². The van der Waals surface area contributed by atoms with E-state index in [0.717, 1.165) is 35.9 Å². The molecule has 0 bridgehead atoms. The van der Waals surface area contributed by atoms with Crippen LogP contribution in [0.25, 0.3) is 22.6 Å². The van der Waals surface area contributed by atoms with Crippen molar-refractivity contribution in [1.82, 2.24) is 24.8 Å². The van der Waals surface area contributed by atoms with Crippen LogP contribution in [0.5, 0.6) is 0 Å². The van der Waals surface area contributed by atoms with Crippen molar-refractivity contribution in [3.63, 3.8) is 0 Å². The highest BCUT2D eigenvalue weighted by Gasteiger charge is 2.11. The molecule has 2 heterocycles. The summed E-state index contributed by atoms with van der Waals surface area (Å²) in [6, 6.07) is 13.3. The Hall–Kier alpha value is -3.37. The summed E-state index contributed by atoms with van der Waals surface area (Å²) in [7, 11) is 4.06. The van der Waals surface area contributed by atoms with E-state index in [1.54, 1.807) is 0 Å². The van der Waals surface area contributed by atoms with Gasteiger partial charge in [-0.1, -0.05) is 35.1 Å². The summed E-state index contributed by atoms with van der Waals surface area (Å²) in [6.45, 7) is 1.15. The second-order valence-electron chi connectivity index (χ2n) is 7.96. The maximum atomic E-state index is 13.6. The summed E-state index contributed by atoms with van der Waals surface area (Å²) in [5.74, 6) is -0.0866. The Morgan fingerprint density at radius 3 is 2.59 bits per heavy atom. The third-order valence-electron chi connectivity index (χ3n) is 4.93. The van der Waals surface area contributed by atoms with Crippen molar-refractivity contribution >= 4 is 11.8 Å². The highest BCUT2D eigenvalue weighted by Crippen LogP contribution is 2.23. The Morgan fingerprint density at radius 1 is 1.03 bits per heavy atom. The molecule has 0 atom stereocenters. The lowest BCUT2D eigenvalue weighted by Crippen LogP contribution is -2.22. The predicted octanol–water partition coefficient (Wildman–Crippen LogP) is 4.33. The van der Waals surface area contributed by atoms with Gasteiger partial charge in [-0.15, -0.1) is 0 Å². The zero-order chi connectivity index (χ0) is 24.1. The van der Waals surface area contributed by atoms with Crippen molar-refractivity contribution in [2.75, 3.05) is 26.4 Å². The summed E-state index contributed by atoms with van der Waals surface area (Å²) in [4.78, 5) is 18.9. The molecule has 0 saturated heterocycles. The molecule has 0 aliphatic carbocycles. The Labute approximate surface area is 199 Å². The molecular formula is C24H23F2N5O2S. The van der Waals surface area contributed by atoms with Crippen LogP contribution in [0.3, 0.4) is 0 Å². The molecule has 0 spiro atoms. The van der Waals surface area contributed by atoms with Crippen LogP contribution in [0.15, 0.2) is 69.1 Å². The summed E-state index contributed by atoms with van der Waals surface area (Å²) in [6.07, 6.45) is 1.01. The summed E-state index contributed by atoms with van der Waals surface area (Å²) >= 11 is 1.51. The molecule has 10 heteroatoms. The minimum absolute atomic E-state index is 0.169. The van der Waals surface area contributed by atoms with E-state index in [9.17, 15) is 13.6 Å². The molecule has 0 N–H and O–H groups in total. The molecule has 0 unspecified atom stereocenters. The number of rotatable bonds is 9. The van der Waals surface area contributed by atoms with Gasteiger partial charge in [-0.05, 0) is 56.9 Å². The van der Waals surface area contributed by atoms with Crippen LogP contribution < -0.4 is 5.56 Å². The summed E-state index contributed by atoms with van der Waals surface area (Å²) in [5, 5.41) is 8.87. The number of thioether (sulfide) groups is 1. The molecule has 0 aliphatic heterocycles. The Kier molecular flexibility index (Phi) is 7.49. The van der Waals surface area contributed by atoms with Crippen LogP contribution in [0.4, 0.5) is 8.78 Å². The largest absolute Gasteiger partial charge is 0.327 e. The normalized spacial score (nSPS) is 11.3. The highest BCUT2D eigenvalue weighted by molar-refractivity contribution is 7.99. The first kappa shape index (κ1) is 23.8. The highest BCUT2D eigenvalue weighted by atomic mass is 32.2. The fourth-order valence-electron chi connectivity index (χ4n) is 3.33. The minimum atomic E-state index is -0.711. The van der Waals surface area contributed by atoms with Gasteiger partial charge in [0.05, 0.1) is 12.2 Å². The van der Waals surface area contributed by atoms with Crippen LogP contribution in [0.1, 0.15) is 12.0 Å². The SMILES string of the molecule is CN(C)CCCSc1nc(-c2cccc(Cn3nc(-c4cc(F)cc(F)c4)ccc3=O)c2)no1. The third-order valence-corrected chi connectivity index (χ3v) is 5.83. The lowest BCUT2D eigenvalue weighted by molar-refractivity contribution is 0.341. The van der Waals surface area contributed by atoms with Crippen molar-refractivity contribution in [3.8, 4) is 22.6 Å². The molecule has 176 valence electrons. The van der Waals surface area contributed by atoms with E-state index in [1.807, 2.05) is 38.4 Å². The maximum Gasteiger partial charge on any atom is 0.286 e. The van der Waals surface area contributed by atoms with Gasteiger partial charge in [0.2, 0.25) is 5.82 Å². The van der Waals surface area contributed by atoms with Crippen molar-refractivity contribution in [2.45, 2.75) is 18.2 Å². The zero-order valence-corrected chi connectivity index (χ0v) is 19.6. The second kappa shape index (κ2) is 10.7. The quantitative estimate of drug-likeness (QED) is 0.259. The van der Waals surface area contributed by atoms with E-state index >= 15 is 0 Å². The van der Waals surface area contributed by atoms with E-state index in [4.69, 9.17) is 4.52 Å². The Bertz CT molecular complexity index is 1320. The molecule has 0 radical (unpaired) electrons. The molecule has 0 aliphatic rings. The molecule has 2 aromatic carbocycles.